The summed E-state index contributed by atoms with van der Waals surface area (Å²) in [4.78, 5) is 2.01. The third-order valence-corrected chi connectivity index (χ3v) is 4.09. The summed E-state index contributed by atoms with van der Waals surface area (Å²) in [6.45, 7) is 4.53. The van der Waals surface area contributed by atoms with Crippen LogP contribution in [0.25, 0.3) is 0 Å². The number of halogens is 1. The molecular formula is C18H20FNO. The van der Waals surface area contributed by atoms with Gasteiger partial charge >= 0.3 is 0 Å². The Balaban J connectivity index is 2.15. The predicted molar refractivity (Wildman–Crippen MR) is 83.5 cm³/mol. The van der Waals surface area contributed by atoms with Crippen LogP contribution in [0.4, 0.5) is 15.8 Å². The van der Waals surface area contributed by atoms with Crippen molar-refractivity contribution in [2.24, 2.45) is 0 Å². The molecule has 1 heterocycles. The third kappa shape index (κ3) is 2.54. The Hall–Kier alpha value is -1.87. The van der Waals surface area contributed by atoms with E-state index < -0.39 is 6.10 Å². The van der Waals surface area contributed by atoms with Crippen LogP contribution in [0.3, 0.4) is 0 Å². The van der Waals surface area contributed by atoms with Crippen molar-refractivity contribution in [3.63, 3.8) is 0 Å². The molecule has 1 atom stereocenters. The van der Waals surface area contributed by atoms with Crippen LogP contribution in [0, 0.1) is 12.7 Å². The summed E-state index contributed by atoms with van der Waals surface area (Å²) in [6.07, 6.45) is 1.32. The van der Waals surface area contributed by atoms with E-state index >= 15 is 0 Å². The number of hydrogen-bond acceptors (Lipinski definition) is 2. The molecule has 3 rings (SSSR count). The maximum atomic E-state index is 14.4. The fourth-order valence-electron chi connectivity index (χ4n) is 3.11. The molecule has 0 amide bonds. The van der Waals surface area contributed by atoms with Gasteiger partial charge < -0.3 is 10.0 Å². The van der Waals surface area contributed by atoms with E-state index in [0.717, 1.165) is 25.1 Å². The lowest BCUT2D eigenvalue weighted by molar-refractivity contribution is 0.199. The molecule has 3 heteroatoms. The van der Waals surface area contributed by atoms with Crippen LogP contribution in [-0.4, -0.2) is 11.7 Å². The molecule has 21 heavy (non-hydrogen) atoms. The molecule has 0 aliphatic carbocycles. The normalized spacial score (nSPS) is 15.7. The summed E-state index contributed by atoms with van der Waals surface area (Å²) < 4.78 is 14.4. The molecule has 0 bridgehead atoms. The smallest absolute Gasteiger partial charge is 0.147 e. The number of para-hydroxylation sites is 1. The van der Waals surface area contributed by atoms with Gasteiger partial charge in [-0.2, -0.15) is 0 Å². The van der Waals surface area contributed by atoms with Gasteiger partial charge in [-0.3, -0.25) is 0 Å². The van der Waals surface area contributed by atoms with Crippen molar-refractivity contribution in [2.75, 3.05) is 11.4 Å². The maximum absolute atomic E-state index is 14.4. The molecule has 0 unspecified atom stereocenters. The molecule has 2 aromatic rings. The van der Waals surface area contributed by atoms with Crippen molar-refractivity contribution in [3.8, 4) is 0 Å². The van der Waals surface area contributed by atoms with Crippen LogP contribution in [0.2, 0.25) is 0 Å². The van der Waals surface area contributed by atoms with Gasteiger partial charge in [-0.15, -0.1) is 0 Å². The maximum Gasteiger partial charge on any atom is 0.147 e. The monoisotopic (exact) mass is 285 g/mol. The van der Waals surface area contributed by atoms with Crippen molar-refractivity contribution in [1.82, 2.24) is 0 Å². The quantitative estimate of drug-likeness (QED) is 0.890. The first-order valence-electron chi connectivity index (χ1n) is 7.41. The lowest BCUT2D eigenvalue weighted by Crippen LogP contribution is -2.26. The Kier molecular flexibility index (Phi) is 3.68. The minimum Gasteiger partial charge on any atom is -0.389 e. The molecule has 1 N–H and O–H groups in total. The topological polar surface area (TPSA) is 23.5 Å². The molecule has 0 saturated heterocycles. The van der Waals surface area contributed by atoms with Crippen LogP contribution in [0.5, 0.6) is 0 Å². The number of rotatable bonds is 2. The van der Waals surface area contributed by atoms with Crippen molar-refractivity contribution >= 4 is 11.4 Å². The highest BCUT2D eigenvalue weighted by molar-refractivity contribution is 5.71. The Morgan fingerprint density at radius 3 is 2.81 bits per heavy atom. The van der Waals surface area contributed by atoms with E-state index in [1.54, 1.807) is 19.1 Å². The molecular weight excluding hydrogens is 265 g/mol. The summed E-state index contributed by atoms with van der Waals surface area (Å²) in [5.74, 6) is -0.276. The largest absolute Gasteiger partial charge is 0.389 e. The summed E-state index contributed by atoms with van der Waals surface area (Å²) >= 11 is 0. The van der Waals surface area contributed by atoms with Crippen molar-refractivity contribution in [1.29, 1.82) is 0 Å². The second-order valence-electron chi connectivity index (χ2n) is 5.74. The molecule has 1 aliphatic rings. The zero-order chi connectivity index (χ0) is 15.0. The van der Waals surface area contributed by atoms with Crippen LogP contribution < -0.4 is 4.90 Å². The molecule has 110 valence electrons. The zero-order valence-corrected chi connectivity index (χ0v) is 12.4. The average molecular weight is 285 g/mol. The molecule has 0 fully saturated rings. The Bertz CT molecular complexity index is 666. The van der Waals surface area contributed by atoms with Gasteiger partial charge in [-0.1, -0.05) is 29.8 Å². The Morgan fingerprint density at radius 1 is 1.24 bits per heavy atom. The molecule has 2 nitrogen and oxygen atoms in total. The number of aliphatic hydroxyl groups excluding tert-OH is 1. The second-order valence-corrected chi connectivity index (χ2v) is 5.74. The number of aliphatic hydroxyl groups is 1. The predicted octanol–water partition coefficient (Wildman–Crippen LogP) is 4.27. The van der Waals surface area contributed by atoms with Gasteiger partial charge in [-0.05, 0) is 44.4 Å². The molecule has 0 radical (unpaired) electrons. The van der Waals surface area contributed by atoms with Gasteiger partial charge in [0.1, 0.15) is 5.82 Å². The Labute approximate surface area is 124 Å². The lowest BCUT2D eigenvalue weighted by Gasteiger charge is -2.33. The summed E-state index contributed by atoms with van der Waals surface area (Å²) in [7, 11) is 0. The van der Waals surface area contributed by atoms with Crippen LogP contribution in [0.15, 0.2) is 36.4 Å². The first-order chi connectivity index (χ1) is 10.1. The standard InChI is InChI=1S/C18H20FNO/c1-12-8-9-17-14(11-12)5-4-10-20(17)18-15(13(2)21)6-3-7-16(18)19/h3,6-9,11,13,21H,4-5,10H2,1-2H3/t13-/m0/s1. The Morgan fingerprint density at radius 2 is 2.05 bits per heavy atom. The molecule has 2 aromatic carbocycles. The SMILES string of the molecule is Cc1ccc2c(c1)CCCN2c1c(F)cccc1[C@H](C)O. The molecule has 0 aromatic heterocycles. The van der Waals surface area contributed by atoms with Gasteiger partial charge in [0.15, 0.2) is 0 Å². The van der Waals surface area contributed by atoms with Gasteiger partial charge in [-0.25, -0.2) is 4.39 Å². The van der Waals surface area contributed by atoms with E-state index in [9.17, 15) is 9.50 Å². The molecule has 0 saturated carbocycles. The van der Waals surface area contributed by atoms with Crippen molar-refractivity contribution in [2.45, 2.75) is 32.8 Å². The number of benzene rings is 2. The number of nitrogens with zero attached hydrogens (tertiary/aromatic N) is 1. The fraction of sp³-hybridized carbons (Fsp3) is 0.333. The van der Waals surface area contributed by atoms with E-state index in [4.69, 9.17) is 0 Å². The first-order valence-corrected chi connectivity index (χ1v) is 7.41. The van der Waals surface area contributed by atoms with Crippen LogP contribution >= 0.6 is 0 Å². The van der Waals surface area contributed by atoms with Crippen LogP contribution in [-0.2, 0) is 6.42 Å². The summed E-state index contributed by atoms with van der Waals surface area (Å²) in [5.41, 5.74) is 4.68. The lowest BCUT2D eigenvalue weighted by atomic mass is 9.97. The minimum absolute atomic E-state index is 0.276. The van der Waals surface area contributed by atoms with Gasteiger partial charge in [0.2, 0.25) is 0 Å². The third-order valence-electron chi connectivity index (χ3n) is 4.09. The number of aryl methyl sites for hydroxylation is 2. The number of fused-ring (bicyclic) bond motifs is 1. The number of anilines is 2. The molecule has 1 aliphatic heterocycles. The van der Waals surface area contributed by atoms with Gasteiger partial charge in [0, 0.05) is 17.8 Å². The van der Waals surface area contributed by atoms with E-state index in [-0.39, 0.29) is 5.82 Å². The summed E-state index contributed by atoms with van der Waals surface area (Å²) in [5, 5.41) is 9.96. The van der Waals surface area contributed by atoms with Crippen molar-refractivity contribution < 1.29 is 9.50 Å². The highest BCUT2D eigenvalue weighted by Gasteiger charge is 2.24. The van der Waals surface area contributed by atoms with Gasteiger partial charge in [0.25, 0.3) is 0 Å². The first kappa shape index (κ1) is 14.1. The van der Waals surface area contributed by atoms with E-state index in [0.29, 0.717) is 11.3 Å². The van der Waals surface area contributed by atoms with E-state index in [1.165, 1.54) is 17.2 Å². The second kappa shape index (κ2) is 5.49. The summed E-state index contributed by atoms with van der Waals surface area (Å²) in [6, 6.07) is 11.2. The zero-order valence-electron chi connectivity index (χ0n) is 12.4. The minimum atomic E-state index is -0.688. The van der Waals surface area contributed by atoms with E-state index in [2.05, 4.69) is 25.1 Å². The fourth-order valence-corrected chi connectivity index (χ4v) is 3.11. The van der Waals surface area contributed by atoms with Crippen molar-refractivity contribution in [3.05, 3.63) is 58.9 Å². The van der Waals surface area contributed by atoms with Gasteiger partial charge in [0.05, 0.1) is 11.8 Å². The molecule has 0 spiro atoms. The van der Waals surface area contributed by atoms with Crippen LogP contribution in [0.1, 0.15) is 36.1 Å². The highest BCUT2D eigenvalue weighted by Crippen LogP contribution is 2.39. The van der Waals surface area contributed by atoms with E-state index in [1.807, 2.05) is 4.90 Å². The number of hydrogen-bond donors (Lipinski definition) is 1. The average Bonchev–Trinajstić information content (AvgIpc) is 2.46. The highest BCUT2D eigenvalue weighted by atomic mass is 19.1.